The van der Waals surface area contributed by atoms with Crippen molar-refractivity contribution >= 4 is 15.9 Å². The van der Waals surface area contributed by atoms with Crippen LogP contribution in [0.4, 0.5) is 23.2 Å². The van der Waals surface area contributed by atoms with E-state index in [0.29, 0.717) is 0 Å². The lowest BCUT2D eigenvalue weighted by atomic mass is 10.2. The van der Waals surface area contributed by atoms with Gasteiger partial charge in [0.2, 0.25) is 11.6 Å². The maximum absolute atomic E-state index is 13.9. The predicted octanol–water partition coefficient (Wildman–Crippen LogP) is 1.11. The molecule has 1 aromatic heterocycles. The zero-order chi connectivity index (χ0) is 19.9. The molecule has 3 heterocycles. The fourth-order valence-corrected chi connectivity index (χ4v) is 5.13. The van der Waals surface area contributed by atoms with Crippen molar-refractivity contribution in [3.63, 3.8) is 0 Å². The molecule has 27 heavy (non-hydrogen) atoms. The van der Waals surface area contributed by atoms with E-state index in [4.69, 9.17) is 4.74 Å². The van der Waals surface area contributed by atoms with Gasteiger partial charge in [0.05, 0.1) is 12.2 Å². The van der Waals surface area contributed by atoms with Gasteiger partial charge in [-0.3, -0.25) is 0 Å². The van der Waals surface area contributed by atoms with Gasteiger partial charge < -0.3 is 9.64 Å². The molecule has 0 aliphatic carbocycles. The van der Waals surface area contributed by atoms with Gasteiger partial charge in [-0.2, -0.15) is 39.6 Å². The summed E-state index contributed by atoms with van der Waals surface area (Å²) >= 11 is 0. The number of rotatable bonds is 3. The molecule has 0 aromatic carbocycles. The molecule has 0 bridgehead atoms. The average molecular weight is 412 g/mol. The molecule has 2 aliphatic heterocycles. The third-order valence-corrected chi connectivity index (χ3v) is 6.54. The van der Waals surface area contributed by atoms with Gasteiger partial charge in [0.15, 0.2) is 0 Å². The SMILES string of the molecule is CC1CN(S(=O)(=O)N2CCN(c3c(F)c(F)nc(F)c3F)CC2)CC(C)O1. The van der Waals surface area contributed by atoms with Crippen LogP contribution >= 0.6 is 0 Å². The first-order valence-electron chi connectivity index (χ1n) is 8.47. The van der Waals surface area contributed by atoms with Crippen LogP contribution in [0.5, 0.6) is 0 Å². The van der Waals surface area contributed by atoms with Crippen LogP contribution in [0.2, 0.25) is 0 Å². The van der Waals surface area contributed by atoms with Crippen LogP contribution in [-0.4, -0.2) is 73.5 Å². The Balaban J connectivity index is 1.74. The van der Waals surface area contributed by atoms with Crippen LogP contribution in [0.25, 0.3) is 0 Å². The van der Waals surface area contributed by atoms with Gasteiger partial charge in [-0.1, -0.05) is 0 Å². The van der Waals surface area contributed by atoms with E-state index in [-0.39, 0.29) is 51.5 Å². The van der Waals surface area contributed by atoms with Gasteiger partial charge in [-0.05, 0) is 13.8 Å². The number of anilines is 1. The Labute approximate surface area is 154 Å². The number of hydrogen-bond acceptors (Lipinski definition) is 5. The molecule has 0 amide bonds. The first-order valence-corrected chi connectivity index (χ1v) is 9.86. The van der Waals surface area contributed by atoms with Crippen molar-refractivity contribution < 1.29 is 30.7 Å². The third kappa shape index (κ3) is 3.89. The molecule has 2 fully saturated rings. The lowest BCUT2D eigenvalue weighted by molar-refractivity contribution is -0.0455. The van der Waals surface area contributed by atoms with Crippen LogP contribution < -0.4 is 4.90 Å². The minimum absolute atomic E-state index is 0.0765. The molecule has 2 aliphatic rings. The summed E-state index contributed by atoms with van der Waals surface area (Å²) in [5, 5.41) is 0. The highest BCUT2D eigenvalue weighted by atomic mass is 32.2. The second-order valence-corrected chi connectivity index (χ2v) is 8.57. The minimum Gasteiger partial charge on any atom is -0.373 e. The Morgan fingerprint density at radius 1 is 0.889 bits per heavy atom. The maximum atomic E-state index is 13.9. The van der Waals surface area contributed by atoms with Gasteiger partial charge in [-0.15, -0.1) is 0 Å². The average Bonchev–Trinajstić information content (AvgIpc) is 2.60. The molecular formula is C15H20F4N4O3S. The van der Waals surface area contributed by atoms with E-state index in [1.165, 1.54) is 8.61 Å². The topological polar surface area (TPSA) is 66.0 Å². The van der Waals surface area contributed by atoms with Crippen molar-refractivity contribution in [2.75, 3.05) is 44.2 Å². The summed E-state index contributed by atoms with van der Waals surface area (Å²) in [5.74, 6) is -6.67. The number of nitrogens with zero attached hydrogens (tertiary/aromatic N) is 4. The summed E-state index contributed by atoms with van der Waals surface area (Å²) in [6.07, 6.45) is -0.508. The molecule has 2 saturated heterocycles. The van der Waals surface area contributed by atoms with E-state index in [2.05, 4.69) is 4.98 Å². The number of halogens is 4. The molecule has 7 nitrogen and oxygen atoms in total. The molecule has 0 spiro atoms. The summed E-state index contributed by atoms with van der Waals surface area (Å²) in [7, 11) is -3.78. The van der Waals surface area contributed by atoms with Crippen molar-refractivity contribution in [1.29, 1.82) is 0 Å². The summed E-state index contributed by atoms with van der Waals surface area (Å²) in [5.41, 5.74) is -0.870. The third-order valence-electron chi connectivity index (χ3n) is 4.57. The van der Waals surface area contributed by atoms with Crippen LogP contribution in [0.1, 0.15) is 13.8 Å². The first kappa shape index (κ1) is 20.2. The second-order valence-electron chi connectivity index (χ2n) is 6.64. The fraction of sp³-hybridized carbons (Fsp3) is 0.667. The summed E-state index contributed by atoms with van der Waals surface area (Å²) in [6, 6.07) is 0. The Morgan fingerprint density at radius 2 is 1.37 bits per heavy atom. The van der Waals surface area contributed by atoms with Gasteiger partial charge in [0, 0.05) is 39.3 Å². The summed E-state index contributed by atoms with van der Waals surface area (Å²) in [6.45, 7) is 3.56. The maximum Gasteiger partial charge on any atom is 0.282 e. The van der Waals surface area contributed by atoms with Crippen molar-refractivity contribution in [3.05, 3.63) is 23.5 Å². The highest BCUT2D eigenvalue weighted by Crippen LogP contribution is 2.28. The minimum atomic E-state index is -3.78. The molecular weight excluding hydrogens is 392 g/mol. The Bertz CT molecular complexity index is 782. The number of pyridine rings is 1. The number of aromatic nitrogens is 1. The van der Waals surface area contributed by atoms with E-state index in [0.717, 1.165) is 4.90 Å². The molecule has 12 heteroatoms. The van der Waals surface area contributed by atoms with E-state index in [1.54, 1.807) is 13.8 Å². The molecule has 2 atom stereocenters. The van der Waals surface area contributed by atoms with E-state index < -0.39 is 39.4 Å². The van der Waals surface area contributed by atoms with Crippen molar-refractivity contribution in [1.82, 2.24) is 13.6 Å². The molecule has 1 aromatic rings. The van der Waals surface area contributed by atoms with Crippen LogP contribution in [-0.2, 0) is 14.9 Å². The Hall–Kier alpha value is -1.50. The zero-order valence-electron chi connectivity index (χ0n) is 14.8. The van der Waals surface area contributed by atoms with Crippen molar-refractivity contribution in [3.8, 4) is 0 Å². The van der Waals surface area contributed by atoms with E-state index >= 15 is 0 Å². The van der Waals surface area contributed by atoms with Gasteiger partial charge >= 0.3 is 0 Å². The monoisotopic (exact) mass is 412 g/mol. The Morgan fingerprint density at radius 3 is 1.85 bits per heavy atom. The van der Waals surface area contributed by atoms with E-state index in [1.807, 2.05) is 0 Å². The van der Waals surface area contributed by atoms with Crippen LogP contribution in [0.15, 0.2) is 0 Å². The summed E-state index contributed by atoms with van der Waals surface area (Å²) in [4.78, 5) is 3.60. The number of morpholine rings is 1. The van der Waals surface area contributed by atoms with E-state index in [9.17, 15) is 26.0 Å². The predicted molar refractivity (Wildman–Crippen MR) is 88.4 cm³/mol. The molecule has 152 valence electrons. The van der Waals surface area contributed by atoms with Gasteiger partial charge in [-0.25, -0.2) is 0 Å². The highest BCUT2D eigenvalue weighted by Gasteiger charge is 2.37. The number of hydrogen-bond donors (Lipinski definition) is 0. The zero-order valence-corrected chi connectivity index (χ0v) is 15.6. The molecule has 0 radical (unpaired) electrons. The molecule has 0 saturated carbocycles. The standard InChI is InChI=1S/C15H20F4N4O3S/c1-9-7-23(8-10(2)26-9)27(24,25)22-5-3-21(4-6-22)13-11(16)14(18)20-15(19)12(13)17/h9-10H,3-8H2,1-2H3. The van der Waals surface area contributed by atoms with Crippen molar-refractivity contribution in [2.45, 2.75) is 26.1 Å². The largest absolute Gasteiger partial charge is 0.373 e. The lowest BCUT2D eigenvalue weighted by Gasteiger charge is -2.40. The smallest absolute Gasteiger partial charge is 0.282 e. The van der Waals surface area contributed by atoms with Gasteiger partial charge in [0.1, 0.15) is 5.69 Å². The normalized spacial score (nSPS) is 25.8. The number of piperazine rings is 1. The highest BCUT2D eigenvalue weighted by molar-refractivity contribution is 7.86. The molecule has 0 N–H and O–H groups in total. The van der Waals surface area contributed by atoms with Crippen molar-refractivity contribution in [2.24, 2.45) is 0 Å². The summed E-state index contributed by atoms with van der Waals surface area (Å²) < 4.78 is 88.1. The fourth-order valence-electron chi connectivity index (χ4n) is 3.38. The van der Waals surface area contributed by atoms with Gasteiger partial charge in [0.25, 0.3) is 22.1 Å². The Kier molecular flexibility index (Phi) is 5.62. The quantitative estimate of drug-likeness (QED) is 0.550. The lowest BCUT2D eigenvalue weighted by Crippen LogP contribution is -2.57. The van der Waals surface area contributed by atoms with Crippen LogP contribution in [0, 0.1) is 23.5 Å². The second kappa shape index (κ2) is 7.49. The number of ether oxygens (including phenoxy) is 1. The first-order chi connectivity index (χ1) is 12.6. The molecule has 2 unspecified atom stereocenters. The van der Waals surface area contributed by atoms with Crippen LogP contribution in [0.3, 0.4) is 0 Å². The molecule has 3 rings (SSSR count).